The van der Waals surface area contributed by atoms with Gasteiger partial charge in [0.25, 0.3) is 0 Å². The number of aryl methyl sites for hydroxylation is 1. The number of hydrogen-bond acceptors (Lipinski definition) is 3. The lowest BCUT2D eigenvalue weighted by atomic mass is 9.90. The Morgan fingerprint density at radius 3 is 2.21 bits per heavy atom. The number of hydrogen-bond donors (Lipinski definition) is 2. The maximum atomic E-state index is 12.8. The molecule has 5 nitrogen and oxygen atoms in total. The van der Waals surface area contributed by atoms with Gasteiger partial charge in [0.1, 0.15) is 5.41 Å². The number of carbonyl (C=O) groups excluding carboxylic acids is 2. The molecule has 1 heterocycles. The highest BCUT2D eigenvalue weighted by molar-refractivity contribution is 6.31. The molecule has 0 radical (unpaired) electrons. The molecule has 3 rings (SSSR count). The van der Waals surface area contributed by atoms with Crippen LogP contribution in [0.3, 0.4) is 0 Å². The highest BCUT2D eigenvalue weighted by Gasteiger charge is 2.36. The lowest BCUT2D eigenvalue weighted by molar-refractivity contribution is -0.135. The Hall–Kier alpha value is -2.53. The Kier molecular flexibility index (Phi) is 5.94. The van der Waals surface area contributed by atoms with Crippen molar-refractivity contribution in [1.82, 2.24) is 0 Å². The molecule has 1 aliphatic rings. The SMILES string of the molecule is Cc1ccc(Cl)cc1NC(=O)C(C)(C)C(=O)Nc1ccc(N2CCCC2)cc1. The van der Waals surface area contributed by atoms with Gasteiger partial charge in [-0.25, -0.2) is 0 Å². The monoisotopic (exact) mass is 399 g/mol. The molecule has 1 aliphatic heterocycles. The molecule has 2 aromatic carbocycles. The third-order valence-electron chi connectivity index (χ3n) is 5.18. The third-order valence-corrected chi connectivity index (χ3v) is 5.41. The number of halogens is 1. The normalized spacial score (nSPS) is 14.1. The predicted octanol–water partition coefficient (Wildman–Crippen LogP) is 4.85. The zero-order chi connectivity index (χ0) is 20.3. The zero-order valence-electron chi connectivity index (χ0n) is 16.5. The van der Waals surface area contributed by atoms with Crippen molar-refractivity contribution in [3.8, 4) is 0 Å². The van der Waals surface area contributed by atoms with E-state index in [1.165, 1.54) is 12.8 Å². The van der Waals surface area contributed by atoms with Gasteiger partial charge in [-0.3, -0.25) is 9.59 Å². The van der Waals surface area contributed by atoms with E-state index in [1.807, 2.05) is 37.3 Å². The van der Waals surface area contributed by atoms with E-state index < -0.39 is 5.41 Å². The van der Waals surface area contributed by atoms with Crippen LogP contribution in [0.5, 0.6) is 0 Å². The molecular weight excluding hydrogens is 374 g/mol. The Labute approximate surface area is 171 Å². The first-order chi connectivity index (χ1) is 13.3. The third kappa shape index (κ3) is 4.47. The summed E-state index contributed by atoms with van der Waals surface area (Å²) < 4.78 is 0. The molecule has 0 spiro atoms. The molecule has 0 unspecified atom stereocenters. The first-order valence-corrected chi connectivity index (χ1v) is 9.89. The molecular formula is C22H26ClN3O2. The van der Waals surface area contributed by atoms with E-state index in [4.69, 9.17) is 11.6 Å². The van der Waals surface area contributed by atoms with Crippen LogP contribution >= 0.6 is 11.6 Å². The van der Waals surface area contributed by atoms with Crippen LogP contribution in [0.2, 0.25) is 5.02 Å². The molecule has 28 heavy (non-hydrogen) atoms. The summed E-state index contributed by atoms with van der Waals surface area (Å²) in [6.07, 6.45) is 2.43. The summed E-state index contributed by atoms with van der Waals surface area (Å²) in [4.78, 5) is 27.8. The van der Waals surface area contributed by atoms with Crippen LogP contribution in [0.15, 0.2) is 42.5 Å². The van der Waals surface area contributed by atoms with Crippen molar-refractivity contribution >= 4 is 40.5 Å². The molecule has 0 saturated carbocycles. The van der Waals surface area contributed by atoms with Gasteiger partial charge < -0.3 is 15.5 Å². The second kappa shape index (κ2) is 8.23. The van der Waals surface area contributed by atoms with E-state index in [9.17, 15) is 9.59 Å². The van der Waals surface area contributed by atoms with Crippen molar-refractivity contribution in [3.63, 3.8) is 0 Å². The fourth-order valence-corrected chi connectivity index (χ4v) is 3.30. The Balaban J connectivity index is 1.66. The van der Waals surface area contributed by atoms with Gasteiger partial charge in [0.2, 0.25) is 11.8 Å². The van der Waals surface area contributed by atoms with E-state index in [-0.39, 0.29) is 11.8 Å². The highest BCUT2D eigenvalue weighted by atomic mass is 35.5. The average molecular weight is 400 g/mol. The van der Waals surface area contributed by atoms with E-state index >= 15 is 0 Å². The van der Waals surface area contributed by atoms with Gasteiger partial charge in [0.05, 0.1) is 0 Å². The fourth-order valence-electron chi connectivity index (χ4n) is 3.13. The average Bonchev–Trinajstić information content (AvgIpc) is 3.20. The lowest BCUT2D eigenvalue weighted by Crippen LogP contribution is -2.41. The minimum absolute atomic E-state index is 0.362. The minimum Gasteiger partial charge on any atom is -0.372 e. The maximum Gasteiger partial charge on any atom is 0.239 e. The van der Waals surface area contributed by atoms with Crippen LogP contribution in [-0.2, 0) is 9.59 Å². The smallest absolute Gasteiger partial charge is 0.239 e. The summed E-state index contributed by atoms with van der Waals surface area (Å²) in [7, 11) is 0. The first kappa shape index (κ1) is 20.2. The van der Waals surface area contributed by atoms with E-state index in [0.29, 0.717) is 16.4 Å². The Bertz CT molecular complexity index is 872. The Morgan fingerprint density at radius 2 is 1.57 bits per heavy atom. The van der Waals surface area contributed by atoms with Crippen LogP contribution in [0.25, 0.3) is 0 Å². The largest absolute Gasteiger partial charge is 0.372 e. The predicted molar refractivity (Wildman–Crippen MR) is 115 cm³/mol. The molecule has 0 aliphatic carbocycles. The number of benzene rings is 2. The summed E-state index contributed by atoms with van der Waals surface area (Å²) >= 11 is 6.01. The first-order valence-electron chi connectivity index (χ1n) is 9.51. The molecule has 2 N–H and O–H groups in total. The van der Waals surface area contributed by atoms with Crippen LogP contribution < -0.4 is 15.5 Å². The fraction of sp³-hybridized carbons (Fsp3) is 0.364. The van der Waals surface area contributed by atoms with Crippen LogP contribution in [-0.4, -0.2) is 24.9 Å². The highest BCUT2D eigenvalue weighted by Crippen LogP contribution is 2.26. The van der Waals surface area contributed by atoms with Crippen molar-refractivity contribution in [3.05, 3.63) is 53.1 Å². The molecule has 6 heteroatoms. The van der Waals surface area contributed by atoms with Gasteiger partial charge in [-0.15, -0.1) is 0 Å². The van der Waals surface area contributed by atoms with Gasteiger partial charge in [-0.2, -0.15) is 0 Å². The standard InChI is InChI=1S/C22H26ClN3O2/c1-15-6-7-16(23)14-19(15)25-21(28)22(2,3)20(27)24-17-8-10-18(11-9-17)26-12-4-5-13-26/h6-11,14H,4-5,12-13H2,1-3H3,(H,24,27)(H,25,28). The summed E-state index contributed by atoms with van der Waals surface area (Å²) in [6, 6.07) is 13.0. The molecule has 0 aromatic heterocycles. The van der Waals surface area contributed by atoms with Crippen molar-refractivity contribution in [1.29, 1.82) is 0 Å². The quantitative estimate of drug-likeness (QED) is 0.706. The van der Waals surface area contributed by atoms with E-state index in [2.05, 4.69) is 15.5 Å². The molecule has 1 saturated heterocycles. The van der Waals surface area contributed by atoms with Crippen molar-refractivity contribution in [2.75, 3.05) is 28.6 Å². The molecule has 1 fully saturated rings. The zero-order valence-corrected chi connectivity index (χ0v) is 17.3. The number of anilines is 3. The summed E-state index contributed by atoms with van der Waals surface area (Å²) in [5.74, 6) is -0.748. The van der Waals surface area contributed by atoms with Crippen molar-refractivity contribution < 1.29 is 9.59 Å². The van der Waals surface area contributed by atoms with Crippen LogP contribution in [0.4, 0.5) is 17.1 Å². The molecule has 2 aromatic rings. The van der Waals surface area contributed by atoms with E-state index in [1.54, 1.807) is 26.0 Å². The summed E-state index contributed by atoms with van der Waals surface area (Å²) in [5, 5.41) is 6.19. The van der Waals surface area contributed by atoms with Crippen molar-refractivity contribution in [2.45, 2.75) is 33.6 Å². The van der Waals surface area contributed by atoms with Gasteiger partial charge >= 0.3 is 0 Å². The van der Waals surface area contributed by atoms with E-state index in [0.717, 1.165) is 24.3 Å². The van der Waals surface area contributed by atoms with Gasteiger partial charge in [0.15, 0.2) is 0 Å². The molecule has 2 amide bonds. The lowest BCUT2D eigenvalue weighted by Gasteiger charge is -2.24. The number of amides is 2. The maximum absolute atomic E-state index is 12.8. The number of nitrogens with one attached hydrogen (secondary N) is 2. The number of carbonyl (C=O) groups is 2. The molecule has 0 atom stereocenters. The minimum atomic E-state index is -1.25. The van der Waals surface area contributed by atoms with Crippen LogP contribution in [0.1, 0.15) is 32.3 Å². The van der Waals surface area contributed by atoms with Gasteiger partial charge in [-0.05, 0) is 75.6 Å². The van der Waals surface area contributed by atoms with Gasteiger partial charge in [0, 0.05) is 35.2 Å². The van der Waals surface area contributed by atoms with Crippen LogP contribution in [0, 0.1) is 12.3 Å². The second-order valence-corrected chi connectivity index (χ2v) is 8.17. The topological polar surface area (TPSA) is 61.4 Å². The van der Waals surface area contributed by atoms with Crippen molar-refractivity contribution in [2.24, 2.45) is 5.41 Å². The molecule has 148 valence electrons. The number of nitrogens with zero attached hydrogens (tertiary/aromatic N) is 1. The second-order valence-electron chi connectivity index (χ2n) is 7.73. The summed E-state index contributed by atoms with van der Waals surface area (Å²) in [5.41, 5.74) is 2.07. The van der Waals surface area contributed by atoms with Gasteiger partial charge in [-0.1, -0.05) is 17.7 Å². The number of rotatable bonds is 5. The Morgan fingerprint density at radius 1 is 0.964 bits per heavy atom. The summed E-state index contributed by atoms with van der Waals surface area (Å²) in [6.45, 7) is 7.23. The molecule has 0 bridgehead atoms.